The maximum atomic E-state index is 5.38. The summed E-state index contributed by atoms with van der Waals surface area (Å²) in [6, 6.07) is 0.730. The number of methoxy groups -OCH3 is 1. The van der Waals surface area contributed by atoms with E-state index in [0.717, 1.165) is 31.7 Å². The molecule has 16 heavy (non-hydrogen) atoms. The molecule has 0 radical (unpaired) electrons. The molecule has 0 aromatic rings. The Hall–Kier alpha value is -0.120. The highest BCUT2D eigenvalue weighted by molar-refractivity contribution is 4.78. The number of ether oxygens (including phenoxy) is 2. The van der Waals surface area contributed by atoms with Gasteiger partial charge in [-0.05, 0) is 51.0 Å². The average molecular weight is 227 g/mol. The molecule has 3 nitrogen and oxygen atoms in total. The predicted molar refractivity (Wildman–Crippen MR) is 64.6 cm³/mol. The van der Waals surface area contributed by atoms with Crippen LogP contribution in [0.4, 0.5) is 0 Å². The summed E-state index contributed by atoms with van der Waals surface area (Å²) in [4.78, 5) is 0. The summed E-state index contributed by atoms with van der Waals surface area (Å²) < 4.78 is 10.8. The van der Waals surface area contributed by atoms with Gasteiger partial charge in [-0.3, -0.25) is 0 Å². The minimum Gasteiger partial charge on any atom is -0.381 e. The van der Waals surface area contributed by atoms with Gasteiger partial charge < -0.3 is 14.8 Å². The lowest BCUT2D eigenvalue weighted by Gasteiger charge is -2.28. The van der Waals surface area contributed by atoms with Gasteiger partial charge >= 0.3 is 0 Å². The van der Waals surface area contributed by atoms with Gasteiger partial charge in [0.05, 0.1) is 6.10 Å². The molecule has 1 saturated carbocycles. The Morgan fingerprint density at radius 2 is 2.00 bits per heavy atom. The smallest absolute Gasteiger partial charge is 0.0572 e. The largest absolute Gasteiger partial charge is 0.381 e. The number of rotatable bonds is 5. The number of nitrogens with one attached hydrogen (secondary N) is 1. The zero-order valence-electron chi connectivity index (χ0n) is 10.4. The summed E-state index contributed by atoms with van der Waals surface area (Å²) >= 11 is 0. The van der Waals surface area contributed by atoms with E-state index >= 15 is 0 Å². The van der Waals surface area contributed by atoms with E-state index in [1.54, 1.807) is 0 Å². The molecule has 0 amide bonds. The van der Waals surface area contributed by atoms with Crippen LogP contribution in [0.3, 0.4) is 0 Å². The summed E-state index contributed by atoms with van der Waals surface area (Å²) in [5, 5.41) is 3.68. The van der Waals surface area contributed by atoms with Crippen molar-refractivity contribution in [2.45, 2.75) is 50.7 Å². The van der Waals surface area contributed by atoms with Crippen LogP contribution in [-0.2, 0) is 9.47 Å². The standard InChI is InChI=1S/C13H25NO2/c1-15-13-4-2-12(3-5-13)14-8-6-11-7-9-16-10-11/h11-14H,2-10H2,1H3. The first-order chi connectivity index (χ1) is 7.88. The molecule has 2 rings (SSSR count). The van der Waals surface area contributed by atoms with Crippen molar-refractivity contribution in [3.05, 3.63) is 0 Å². The van der Waals surface area contributed by atoms with Crippen molar-refractivity contribution >= 4 is 0 Å². The van der Waals surface area contributed by atoms with Crippen molar-refractivity contribution in [3.63, 3.8) is 0 Å². The highest BCUT2D eigenvalue weighted by Crippen LogP contribution is 2.21. The van der Waals surface area contributed by atoms with E-state index < -0.39 is 0 Å². The fourth-order valence-electron chi connectivity index (χ4n) is 2.81. The first-order valence-electron chi connectivity index (χ1n) is 6.72. The molecule has 1 aliphatic heterocycles. The van der Waals surface area contributed by atoms with Crippen molar-refractivity contribution in [2.75, 3.05) is 26.9 Å². The second-order valence-corrected chi connectivity index (χ2v) is 5.18. The Labute approximate surface area is 98.9 Å². The predicted octanol–water partition coefficient (Wildman–Crippen LogP) is 1.96. The highest BCUT2D eigenvalue weighted by Gasteiger charge is 2.21. The number of hydrogen-bond acceptors (Lipinski definition) is 3. The number of hydrogen-bond donors (Lipinski definition) is 1. The van der Waals surface area contributed by atoms with Crippen molar-refractivity contribution in [3.8, 4) is 0 Å². The summed E-state index contributed by atoms with van der Waals surface area (Å²) in [5.41, 5.74) is 0. The average Bonchev–Trinajstić information content (AvgIpc) is 2.83. The van der Waals surface area contributed by atoms with Gasteiger partial charge in [-0.15, -0.1) is 0 Å². The van der Waals surface area contributed by atoms with Gasteiger partial charge in [-0.2, -0.15) is 0 Å². The maximum absolute atomic E-state index is 5.38. The van der Waals surface area contributed by atoms with Gasteiger partial charge in [0.1, 0.15) is 0 Å². The van der Waals surface area contributed by atoms with E-state index in [1.807, 2.05) is 7.11 Å². The van der Waals surface area contributed by atoms with Crippen LogP contribution in [0, 0.1) is 5.92 Å². The molecule has 0 aromatic heterocycles. The first-order valence-corrected chi connectivity index (χ1v) is 6.72. The van der Waals surface area contributed by atoms with Crippen molar-refractivity contribution in [2.24, 2.45) is 5.92 Å². The Bertz CT molecular complexity index is 184. The third-order valence-electron chi connectivity index (χ3n) is 4.02. The Morgan fingerprint density at radius 1 is 1.19 bits per heavy atom. The lowest BCUT2D eigenvalue weighted by molar-refractivity contribution is 0.0624. The van der Waals surface area contributed by atoms with Crippen molar-refractivity contribution in [1.82, 2.24) is 5.32 Å². The van der Waals surface area contributed by atoms with Crippen LogP contribution in [-0.4, -0.2) is 39.0 Å². The minimum absolute atomic E-state index is 0.515. The Morgan fingerprint density at radius 3 is 2.62 bits per heavy atom. The van der Waals surface area contributed by atoms with Gasteiger partial charge in [-0.25, -0.2) is 0 Å². The van der Waals surface area contributed by atoms with Crippen molar-refractivity contribution in [1.29, 1.82) is 0 Å². The molecule has 1 saturated heterocycles. The molecule has 2 fully saturated rings. The molecule has 1 unspecified atom stereocenters. The highest BCUT2D eigenvalue weighted by atomic mass is 16.5. The third-order valence-corrected chi connectivity index (χ3v) is 4.02. The van der Waals surface area contributed by atoms with Gasteiger partial charge in [-0.1, -0.05) is 0 Å². The molecule has 1 atom stereocenters. The quantitative estimate of drug-likeness (QED) is 0.779. The molecule has 0 bridgehead atoms. The molecule has 3 heteroatoms. The van der Waals surface area contributed by atoms with E-state index in [1.165, 1.54) is 38.5 Å². The molecule has 1 heterocycles. The third kappa shape index (κ3) is 3.72. The second-order valence-electron chi connectivity index (χ2n) is 5.18. The molecule has 1 N–H and O–H groups in total. The van der Waals surface area contributed by atoms with E-state index in [4.69, 9.17) is 9.47 Å². The van der Waals surface area contributed by atoms with Crippen LogP contribution >= 0.6 is 0 Å². The summed E-state index contributed by atoms with van der Waals surface area (Å²) in [5.74, 6) is 0.808. The molecular weight excluding hydrogens is 202 g/mol. The summed E-state index contributed by atoms with van der Waals surface area (Å²) in [7, 11) is 1.83. The lowest BCUT2D eigenvalue weighted by Crippen LogP contribution is -2.36. The van der Waals surface area contributed by atoms with Crippen LogP contribution in [0.15, 0.2) is 0 Å². The SMILES string of the molecule is COC1CCC(NCCC2CCOC2)CC1. The van der Waals surface area contributed by atoms with Gasteiger partial charge in [0.2, 0.25) is 0 Å². The molecule has 1 aliphatic carbocycles. The molecule has 94 valence electrons. The normalized spacial score (nSPS) is 35.4. The molecule has 2 aliphatic rings. The molecule has 0 aromatic carbocycles. The van der Waals surface area contributed by atoms with Crippen LogP contribution in [0.1, 0.15) is 38.5 Å². The monoisotopic (exact) mass is 227 g/mol. The van der Waals surface area contributed by atoms with Gasteiger partial charge in [0.15, 0.2) is 0 Å². The van der Waals surface area contributed by atoms with Crippen molar-refractivity contribution < 1.29 is 9.47 Å². The minimum atomic E-state index is 0.515. The Balaban J connectivity index is 1.53. The zero-order chi connectivity index (χ0) is 11.2. The summed E-state index contributed by atoms with van der Waals surface area (Å²) in [6.45, 7) is 3.12. The van der Waals surface area contributed by atoms with E-state index in [0.29, 0.717) is 6.10 Å². The van der Waals surface area contributed by atoms with Crippen LogP contribution < -0.4 is 5.32 Å². The second kappa shape index (κ2) is 6.58. The lowest BCUT2D eigenvalue weighted by atomic mass is 9.92. The van der Waals surface area contributed by atoms with Gasteiger partial charge in [0.25, 0.3) is 0 Å². The molecule has 0 spiro atoms. The fourth-order valence-corrected chi connectivity index (χ4v) is 2.81. The zero-order valence-corrected chi connectivity index (χ0v) is 10.4. The summed E-state index contributed by atoms with van der Waals surface area (Å²) in [6.07, 6.45) is 8.06. The van der Waals surface area contributed by atoms with Crippen LogP contribution in [0.2, 0.25) is 0 Å². The maximum Gasteiger partial charge on any atom is 0.0572 e. The Kier molecular flexibility index (Phi) is 5.07. The topological polar surface area (TPSA) is 30.5 Å². The first kappa shape index (κ1) is 12.3. The van der Waals surface area contributed by atoms with E-state index in [9.17, 15) is 0 Å². The van der Waals surface area contributed by atoms with E-state index in [2.05, 4.69) is 5.32 Å². The van der Waals surface area contributed by atoms with Crippen LogP contribution in [0.25, 0.3) is 0 Å². The molecular formula is C13H25NO2. The van der Waals surface area contributed by atoms with Crippen LogP contribution in [0.5, 0.6) is 0 Å². The van der Waals surface area contributed by atoms with Gasteiger partial charge in [0, 0.05) is 26.4 Å². The fraction of sp³-hybridized carbons (Fsp3) is 1.00. The van der Waals surface area contributed by atoms with E-state index in [-0.39, 0.29) is 0 Å².